The number of hydrogen-bond donors (Lipinski definition) is 1. The topological polar surface area (TPSA) is 49.8 Å². The molecule has 0 bridgehead atoms. The van der Waals surface area contributed by atoms with Gasteiger partial charge in [0.15, 0.2) is 5.96 Å². The van der Waals surface area contributed by atoms with Gasteiger partial charge in [0, 0.05) is 32.4 Å². The molecule has 1 saturated heterocycles. The summed E-state index contributed by atoms with van der Waals surface area (Å²) >= 11 is 0. The molecule has 27 heavy (non-hydrogen) atoms. The summed E-state index contributed by atoms with van der Waals surface area (Å²) in [5.74, 6) is 1.82. The maximum atomic E-state index is 6.20. The second-order valence-corrected chi connectivity index (χ2v) is 7.61. The number of likely N-dealkylation sites (tertiary alicyclic amines) is 1. The van der Waals surface area contributed by atoms with E-state index >= 15 is 0 Å². The van der Waals surface area contributed by atoms with Gasteiger partial charge >= 0.3 is 0 Å². The van der Waals surface area contributed by atoms with Crippen LogP contribution in [0, 0.1) is 12.8 Å². The van der Waals surface area contributed by atoms with Gasteiger partial charge in [-0.15, -0.1) is 24.0 Å². The summed E-state index contributed by atoms with van der Waals surface area (Å²) in [4.78, 5) is 11.7. The summed E-state index contributed by atoms with van der Waals surface area (Å²) in [6.07, 6.45) is 9.98. The average Bonchev–Trinajstić information content (AvgIpc) is 3.19. The zero-order valence-electron chi connectivity index (χ0n) is 16.8. The van der Waals surface area contributed by atoms with Crippen molar-refractivity contribution in [1.29, 1.82) is 0 Å². The van der Waals surface area contributed by atoms with Crippen LogP contribution >= 0.6 is 24.0 Å². The summed E-state index contributed by atoms with van der Waals surface area (Å²) in [6, 6.07) is 4.07. The van der Waals surface area contributed by atoms with Gasteiger partial charge in [0.25, 0.3) is 0 Å². The van der Waals surface area contributed by atoms with Crippen molar-refractivity contribution < 1.29 is 4.74 Å². The van der Waals surface area contributed by atoms with Crippen molar-refractivity contribution >= 4 is 29.9 Å². The summed E-state index contributed by atoms with van der Waals surface area (Å²) in [5.41, 5.74) is 2.25. The lowest BCUT2D eigenvalue weighted by atomic mass is 10.1. The molecule has 0 aromatic carbocycles. The minimum atomic E-state index is 0. The van der Waals surface area contributed by atoms with Gasteiger partial charge in [-0.1, -0.05) is 18.9 Å². The number of pyridine rings is 1. The lowest BCUT2D eigenvalue weighted by Crippen LogP contribution is -2.47. The Morgan fingerprint density at radius 2 is 2.00 bits per heavy atom. The van der Waals surface area contributed by atoms with Gasteiger partial charge in [0.1, 0.15) is 0 Å². The zero-order valence-corrected chi connectivity index (χ0v) is 19.2. The lowest BCUT2D eigenvalue weighted by molar-refractivity contribution is 0.00101. The molecular formula is C21H35IN4O. The van der Waals surface area contributed by atoms with Gasteiger partial charge in [-0.3, -0.25) is 4.98 Å². The van der Waals surface area contributed by atoms with E-state index in [1.54, 1.807) is 0 Å². The number of rotatable bonds is 6. The Balaban J connectivity index is 0.00000261. The number of aliphatic imine (C=N–C) groups is 1. The highest BCUT2D eigenvalue weighted by Crippen LogP contribution is 2.26. The molecule has 0 radical (unpaired) electrons. The molecular weight excluding hydrogens is 451 g/mol. The van der Waals surface area contributed by atoms with E-state index in [0.29, 0.717) is 12.6 Å². The Labute approximate surface area is 181 Å². The van der Waals surface area contributed by atoms with E-state index in [2.05, 4.69) is 35.1 Å². The van der Waals surface area contributed by atoms with Crippen LogP contribution in [-0.4, -0.2) is 48.2 Å². The fourth-order valence-corrected chi connectivity index (χ4v) is 3.94. The number of ether oxygens (including phenoxy) is 1. The number of aryl methyl sites for hydroxylation is 1. The molecule has 0 spiro atoms. The van der Waals surface area contributed by atoms with E-state index in [0.717, 1.165) is 56.7 Å². The Hall–Kier alpha value is -0.890. The third-order valence-electron chi connectivity index (χ3n) is 5.62. The molecule has 2 heterocycles. The highest BCUT2D eigenvalue weighted by Gasteiger charge is 2.23. The number of piperidine rings is 1. The monoisotopic (exact) mass is 486 g/mol. The Morgan fingerprint density at radius 1 is 1.26 bits per heavy atom. The number of aromatic nitrogens is 1. The highest BCUT2D eigenvalue weighted by molar-refractivity contribution is 14.0. The molecule has 2 fully saturated rings. The number of hydrogen-bond acceptors (Lipinski definition) is 3. The summed E-state index contributed by atoms with van der Waals surface area (Å²) in [6.45, 7) is 8.74. The third kappa shape index (κ3) is 6.89. The third-order valence-corrected chi connectivity index (χ3v) is 5.62. The molecule has 6 heteroatoms. The predicted molar refractivity (Wildman–Crippen MR) is 122 cm³/mol. The van der Waals surface area contributed by atoms with E-state index in [1.165, 1.54) is 31.2 Å². The quantitative estimate of drug-likeness (QED) is 0.373. The van der Waals surface area contributed by atoms with Crippen LogP contribution in [0.15, 0.2) is 23.3 Å². The largest absolute Gasteiger partial charge is 0.378 e. The van der Waals surface area contributed by atoms with Crippen LogP contribution in [0.2, 0.25) is 0 Å². The second kappa shape index (κ2) is 11.8. The van der Waals surface area contributed by atoms with E-state index in [-0.39, 0.29) is 24.0 Å². The van der Waals surface area contributed by atoms with Crippen LogP contribution in [-0.2, 0) is 11.3 Å². The highest BCUT2D eigenvalue weighted by atomic mass is 127. The smallest absolute Gasteiger partial charge is 0.194 e. The van der Waals surface area contributed by atoms with E-state index < -0.39 is 0 Å². The van der Waals surface area contributed by atoms with Crippen molar-refractivity contribution in [2.75, 3.05) is 26.2 Å². The predicted octanol–water partition coefficient (Wildman–Crippen LogP) is 4.14. The Morgan fingerprint density at radius 3 is 2.67 bits per heavy atom. The van der Waals surface area contributed by atoms with Crippen LogP contribution in [0.5, 0.6) is 0 Å². The van der Waals surface area contributed by atoms with Gasteiger partial charge in [0.2, 0.25) is 0 Å². The molecule has 5 nitrogen and oxygen atoms in total. The van der Waals surface area contributed by atoms with E-state index in [4.69, 9.17) is 9.73 Å². The minimum Gasteiger partial charge on any atom is -0.378 e. The van der Waals surface area contributed by atoms with Crippen LogP contribution in [0.25, 0.3) is 0 Å². The van der Waals surface area contributed by atoms with Crippen LogP contribution < -0.4 is 5.32 Å². The van der Waals surface area contributed by atoms with Crippen molar-refractivity contribution in [3.05, 3.63) is 29.6 Å². The first-order chi connectivity index (χ1) is 12.8. The number of nitrogens with one attached hydrogen (secondary N) is 1. The molecule has 3 rings (SSSR count). The second-order valence-electron chi connectivity index (χ2n) is 7.61. The summed E-state index contributed by atoms with van der Waals surface area (Å²) in [5, 5.41) is 3.44. The molecule has 0 unspecified atom stereocenters. The first kappa shape index (κ1) is 22.4. The van der Waals surface area contributed by atoms with Gasteiger partial charge in [-0.2, -0.15) is 0 Å². The van der Waals surface area contributed by atoms with Crippen LogP contribution in [0.1, 0.15) is 56.7 Å². The molecule has 152 valence electrons. The van der Waals surface area contributed by atoms with Crippen molar-refractivity contribution in [2.24, 2.45) is 10.9 Å². The van der Waals surface area contributed by atoms with Crippen molar-refractivity contribution in [3.8, 4) is 0 Å². The Kier molecular flexibility index (Phi) is 9.82. The van der Waals surface area contributed by atoms with E-state index in [1.807, 2.05) is 12.3 Å². The summed E-state index contributed by atoms with van der Waals surface area (Å²) in [7, 11) is 0. The Bertz CT molecular complexity index is 581. The molecule has 1 aromatic heterocycles. The molecule has 0 amide bonds. The molecule has 1 N–H and O–H groups in total. The minimum absolute atomic E-state index is 0. The first-order valence-electron chi connectivity index (χ1n) is 10.3. The number of guanidine groups is 1. The number of halogens is 1. The standard InChI is InChI=1S/C21H34N4O.HI/c1-3-22-21(24-15-20-17(2)7-6-12-23-20)25-13-10-19(11-14-25)26-16-18-8-4-5-9-18;/h6-7,12,18-19H,3-5,8-11,13-16H2,1-2H3,(H,22,24);1H. The lowest BCUT2D eigenvalue weighted by Gasteiger charge is -2.34. The van der Waals surface area contributed by atoms with Gasteiger partial charge in [-0.25, -0.2) is 4.99 Å². The molecule has 1 aliphatic carbocycles. The van der Waals surface area contributed by atoms with Crippen molar-refractivity contribution in [2.45, 2.75) is 65.0 Å². The van der Waals surface area contributed by atoms with Gasteiger partial charge < -0.3 is 15.0 Å². The van der Waals surface area contributed by atoms with Gasteiger partial charge in [-0.05, 0) is 57.1 Å². The molecule has 1 aliphatic heterocycles. The van der Waals surface area contributed by atoms with Crippen molar-refractivity contribution in [3.63, 3.8) is 0 Å². The SMILES string of the molecule is CCNC(=NCc1ncccc1C)N1CCC(OCC2CCCC2)CC1.I. The van der Waals surface area contributed by atoms with Crippen molar-refractivity contribution in [1.82, 2.24) is 15.2 Å². The zero-order chi connectivity index (χ0) is 18.2. The van der Waals surface area contributed by atoms with Crippen LogP contribution in [0.3, 0.4) is 0 Å². The van der Waals surface area contributed by atoms with Crippen LogP contribution in [0.4, 0.5) is 0 Å². The fraction of sp³-hybridized carbons (Fsp3) is 0.714. The molecule has 2 aliphatic rings. The molecule has 1 aromatic rings. The fourth-order valence-electron chi connectivity index (χ4n) is 3.94. The maximum absolute atomic E-state index is 6.20. The van der Waals surface area contributed by atoms with E-state index in [9.17, 15) is 0 Å². The van der Waals surface area contributed by atoms with Gasteiger partial charge in [0.05, 0.1) is 18.3 Å². The first-order valence-corrected chi connectivity index (χ1v) is 10.3. The maximum Gasteiger partial charge on any atom is 0.194 e. The molecule has 0 atom stereocenters. The number of nitrogens with zero attached hydrogens (tertiary/aromatic N) is 3. The molecule has 1 saturated carbocycles. The summed E-state index contributed by atoms with van der Waals surface area (Å²) < 4.78 is 6.20. The normalized spacial score (nSPS) is 19.2. The average molecular weight is 486 g/mol.